The Labute approximate surface area is 223 Å². The summed E-state index contributed by atoms with van der Waals surface area (Å²) < 4.78 is 55.7. The molecule has 3 aromatic rings. The lowest BCUT2D eigenvalue weighted by molar-refractivity contribution is -0.215. The zero-order valence-electron chi connectivity index (χ0n) is 23.0. The zero-order chi connectivity index (χ0) is 29.3. The van der Waals surface area contributed by atoms with E-state index in [9.17, 15) is 14.7 Å². The Balaban J connectivity index is 1.82. The number of carbonyl (C=O) groups excluding carboxylic acids is 2. The fourth-order valence-corrected chi connectivity index (χ4v) is 4.59. The van der Waals surface area contributed by atoms with E-state index in [1.165, 1.54) is 37.4 Å². The predicted octanol–water partition coefficient (Wildman–Crippen LogP) is 5.78. The fraction of sp³-hybridized carbons (Fsp3) is 0.296. The van der Waals surface area contributed by atoms with Gasteiger partial charge in [-0.25, -0.2) is 0 Å². The van der Waals surface area contributed by atoms with Crippen molar-refractivity contribution in [2.24, 2.45) is 5.41 Å². The van der Waals surface area contributed by atoms with Crippen molar-refractivity contribution in [1.29, 1.82) is 0 Å². The van der Waals surface area contributed by atoms with Gasteiger partial charge in [0.15, 0.2) is 5.78 Å². The molecule has 2 aliphatic rings. The van der Waals surface area contributed by atoms with Crippen LogP contribution in [0.3, 0.4) is 0 Å². The lowest BCUT2D eigenvalue weighted by Crippen LogP contribution is -2.45. The van der Waals surface area contributed by atoms with Crippen LogP contribution in [0.2, 0.25) is 10.0 Å². The van der Waals surface area contributed by atoms with Gasteiger partial charge in [0.05, 0.1) is 29.2 Å². The average Bonchev–Trinajstić information content (AvgIpc) is 3.69. The summed E-state index contributed by atoms with van der Waals surface area (Å²) in [5.41, 5.74) is -4.13. The average molecular weight is 533 g/mol. The number of ketones is 1. The van der Waals surface area contributed by atoms with Crippen LogP contribution in [0.15, 0.2) is 54.7 Å². The molecule has 1 aliphatic heterocycles. The Hall–Kier alpha value is -2.84. The van der Waals surface area contributed by atoms with Gasteiger partial charge in [-0.05, 0) is 61.7 Å². The normalized spacial score (nSPS) is 22.4. The van der Waals surface area contributed by atoms with E-state index in [1.54, 1.807) is 24.3 Å². The van der Waals surface area contributed by atoms with E-state index in [4.69, 9.17) is 33.4 Å². The predicted molar refractivity (Wildman–Crippen MR) is 134 cm³/mol. The number of carbonyl (C=O) groups is 2. The van der Waals surface area contributed by atoms with Gasteiger partial charge in [-0.2, -0.15) is 0 Å². The van der Waals surface area contributed by atoms with Gasteiger partial charge in [-0.15, -0.1) is 5.12 Å². The van der Waals surface area contributed by atoms with Gasteiger partial charge in [-0.1, -0.05) is 39.8 Å². The largest absolute Gasteiger partial charge is 0.396 e. The number of fused-ring (bicyclic) bond motifs is 1. The number of hydrogen-bond acceptors (Lipinski definition) is 5. The quantitative estimate of drug-likeness (QED) is 0.293. The molecule has 2 heterocycles. The van der Waals surface area contributed by atoms with Crippen LogP contribution < -0.4 is 0 Å². The van der Waals surface area contributed by atoms with Crippen molar-refractivity contribution in [1.82, 2.24) is 10.1 Å². The topological polar surface area (TPSA) is 79.7 Å². The van der Waals surface area contributed by atoms with E-state index >= 15 is 4.48 Å². The number of aliphatic hydroxyl groups is 1. The van der Waals surface area contributed by atoms with Crippen LogP contribution in [-0.4, -0.2) is 40.0 Å². The molecule has 1 atom stereocenters. The first-order chi connectivity index (χ1) is 18.6. The molecule has 1 aliphatic carbocycles. The standard InChI is InChI=1S/C27H23Cl2FN2O4/c1-16(34)21-8-9-22-24(23(21)17-2-4-18(28)5-3-17)27(32(30)25(22)35,36-15-26(14-33)10-11-26)12-20-7-6-19(29)13-31-20/h2-9,13,33H,10-12,14-15H2,1H3/t27-/m1/s1/i14D2,15D2. The van der Waals surface area contributed by atoms with E-state index in [-0.39, 0.29) is 50.9 Å². The number of ether oxygens (including phenoxy) is 1. The summed E-state index contributed by atoms with van der Waals surface area (Å²) in [4.78, 5) is 30.4. The first-order valence-corrected chi connectivity index (χ1v) is 11.9. The highest BCUT2D eigenvalue weighted by Gasteiger charge is 2.56. The number of pyridine rings is 1. The SMILES string of the molecule is [2H]C([2H])(O)C1(C([2H])([2H])O[C@]2(Cc3ccc(Cl)cn3)c3c(ccc(C(C)=O)c3-c3ccc(Cl)cc3)C(=O)N2F)CC1. The molecular formula is C27H23Cl2FN2O4. The van der Waals surface area contributed by atoms with Crippen molar-refractivity contribution in [3.8, 4) is 11.1 Å². The summed E-state index contributed by atoms with van der Waals surface area (Å²) in [6.07, 6.45) is 0.568. The van der Waals surface area contributed by atoms with Crippen molar-refractivity contribution >= 4 is 34.9 Å². The highest BCUT2D eigenvalue weighted by atomic mass is 35.5. The molecule has 1 aromatic heterocycles. The zero-order valence-corrected chi connectivity index (χ0v) is 20.5. The minimum atomic E-state index is -3.02. The molecule has 0 unspecified atom stereocenters. The summed E-state index contributed by atoms with van der Waals surface area (Å²) in [6, 6.07) is 11.8. The number of nitrogens with zero attached hydrogens (tertiary/aromatic N) is 2. The fourth-order valence-electron chi connectivity index (χ4n) is 4.35. The minimum Gasteiger partial charge on any atom is -0.396 e. The number of benzene rings is 2. The molecule has 0 saturated heterocycles. The summed E-state index contributed by atoms with van der Waals surface area (Å²) in [5.74, 6) is -1.56. The van der Waals surface area contributed by atoms with Crippen molar-refractivity contribution in [2.75, 3.05) is 13.1 Å². The van der Waals surface area contributed by atoms with E-state index in [0.717, 1.165) is 0 Å². The van der Waals surface area contributed by atoms with Gasteiger partial charge in [0.2, 0.25) is 5.72 Å². The molecule has 9 heteroatoms. The van der Waals surface area contributed by atoms with Gasteiger partial charge in [-0.3, -0.25) is 14.6 Å². The monoisotopic (exact) mass is 532 g/mol. The van der Waals surface area contributed by atoms with Crippen LogP contribution in [-0.2, 0) is 16.9 Å². The Bertz CT molecular complexity index is 1510. The number of amides is 1. The lowest BCUT2D eigenvalue weighted by atomic mass is 9.84. The number of aromatic nitrogens is 1. The third-order valence-electron chi connectivity index (χ3n) is 6.42. The molecule has 1 saturated carbocycles. The number of hydrogen-bond donors (Lipinski definition) is 1. The molecular weight excluding hydrogens is 506 g/mol. The Kier molecular flexibility index (Phi) is 5.19. The molecule has 0 radical (unpaired) electrons. The summed E-state index contributed by atoms with van der Waals surface area (Å²) in [7, 11) is 0. The summed E-state index contributed by atoms with van der Waals surface area (Å²) in [5, 5.41) is 10.7. The van der Waals surface area contributed by atoms with Crippen LogP contribution in [0.5, 0.6) is 0 Å². The first kappa shape index (κ1) is 20.2. The first-order valence-electron chi connectivity index (χ1n) is 13.1. The number of rotatable bonds is 8. The van der Waals surface area contributed by atoms with Gasteiger partial charge in [0.1, 0.15) is 0 Å². The maximum Gasteiger partial charge on any atom is 0.285 e. The second-order valence-electron chi connectivity index (χ2n) is 8.89. The van der Waals surface area contributed by atoms with Gasteiger partial charge in [0.25, 0.3) is 5.91 Å². The van der Waals surface area contributed by atoms with Crippen molar-refractivity contribution in [3.63, 3.8) is 0 Å². The summed E-state index contributed by atoms with van der Waals surface area (Å²) >= 11 is 12.1. The van der Waals surface area contributed by atoms with Crippen molar-refractivity contribution < 1.29 is 29.4 Å². The number of Topliss-reactive ketones (excluding diaryl/α,β-unsaturated/α-hetero) is 1. The molecule has 5 rings (SSSR count). The molecule has 0 spiro atoms. The van der Waals surface area contributed by atoms with Crippen molar-refractivity contribution in [2.45, 2.75) is 31.9 Å². The Morgan fingerprint density at radius 2 is 1.86 bits per heavy atom. The smallest absolute Gasteiger partial charge is 0.285 e. The second-order valence-corrected chi connectivity index (χ2v) is 9.76. The second kappa shape index (κ2) is 9.23. The molecule has 0 bridgehead atoms. The number of halogens is 3. The molecule has 1 amide bonds. The third kappa shape index (κ3) is 4.20. The molecule has 186 valence electrons. The van der Waals surface area contributed by atoms with Gasteiger partial charge < -0.3 is 9.84 Å². The Morgan fingerprint density at radius 1 is 1.17 bits per heavy atom. The van der Waals surface area contributed by atoms with Gasteiger partial charge >= 0.3 is 0 Å². The minimum absolute atomic E-state index is 0.0939. The van der Waals surface area contributed by atoms with Gasteiger partial charge in [0, 0.05) is 45.4 Å². The molecule has 1 fully saturated rings. The van der Waals surface area contributed by atoms with E-state index in [2.05, 4.69) is 4.98 Å². The maximum absolute atomic E-state index is 16.4. The lowest BCUT2D eigenvalue weighted by Gasteiger charge is -2.36. The molecule has 2 aromatic carbocycles. The maximum atomic E-state index is 16.4. The molecule has 6 nitrogen and oxygen atoms in total. The van der Waals surface area contributed by atoms with Crippen LogP contribution >= 0.6 is 23.2 Å². The highest BCUT2D eigenvalue weighted by Crippen LogP contribution is 2.52. The van der Waals surface area contributed by atoms with E-state index in [1.807, 2.05) is 0 Å². The third-order valence-corrected chi connectivity index (χ3v) is 6.90. The summed E-state index contributed by atoms with van der Waals surface area (Å²) in [6.45, 7) is -4.72. The molecule has 36 heavy (non-hydrogen) atoms. The van der Waals surface area contributed by atoms with Crippen LogP contribution in [0.4, 0.5) is 4.48 Å². The van der Waals surface area contributed by atoms with E-state index in [0.29, 0.717) is 10.6 Å². The van der Waals surface area contributed by atoms with Crippen molar-refractivity contribution in [3.05, 3.63) is 87.2 Å². The van der Waals surface area contributed by atoms with Crippen LogP contribution in [0.1, 0.15) is 57.2 Å². The Morgan fingerprint density at radius 3 is 2.44 bits per heavy atom. The van der Waals surface area contributed by atoms with Crippen LogP contribution in [0, 0.1) is 5.41 Å². The van der Waals surface area contributed by atoms with E-state index < -0.39 is 42.4 Å². The highest BCUT2D eigenvalue weighted by molar-refractivity contribution is 6.30. The van der Waals surface area contributed by atoms with Crippen LogP contribution in [0.25, 0.3) is 11.1 Å². The molecule has 1 N–H and O–H groups in total.